The van der Waals surface area contributed by atoms with Crippen molar-refractivity contribution < 1.29 is 32.4 Å². The molecule has 7 fully saturated rings. The van der Waals surface area contributed by atoms with E-state index in [2.05, 4.69) is 39.4 Å². The highest BCUT2D eigenvalue weighted by Gasteiger charge is 2.85. The van der Waals surface area contributed by atoms with Crippen LogP contribution in [0.2, 0.25) is 0 Å². The second kappa shape index (κ2) is 15.6. The van der Waals surface area contributed by atoms with E-state index in [1.165, 1.54) is 4.31 Å². The lowest BCUT2D eigenvalue weighted by atomic mass is 9.73. The van der Waals surface area contributed by atoms with Gasteiger partial charge in [0.2, 0.25) is 23.6 Å². The summed E-state index contributed by atoms with van der Waals surface area (Å²) >= 11 is 0. The zero-order valence-corrected chi connectivity index (χ0v) is 37.0. The number of fused-ring (bicyclic) bond motifs is 1. The lowest BCUT2D eigenvalue weighted by Crippen LogP contribution is -2.63. The zero-order chi connectivity index (χ0) is 42.1. The zero-order valence-electron chi connectivity index (χ0n) is 36.2. The third-order valence-corrected chi connectivity index (χ3v) is 18.0. The van der Waals surface area contributed by atoms with Gasteiger partial charge in [-0.05, 0) is 105 Å². The van der Waals surface area contributed by atoms with Gasteiger partial charge in [-0.15, -0.1) is 0 Å². The summed E-state index contributed by atoms with van der Waals surface area (Å²) in [5.74, 6) is -2.35. The first kappa shape index (κ1) is 43.3. The summed E-state index contributed by atoms with van der Waals surface area (Å²) in [5.41, 5.74) is -2.58. The fourth-order valence-corrected chi connectivity index (χ4v) is 13.8. The van der Waals surface area contributed by atoms with Crippen molar-refractivity contribution in [2.24, 2.45) is 33.5 Å². The summed E-state index contributed by atoms with van der Waals surface area (Å²) in [7, 11) is -4.07. The van der Waals surface area contributed by atoms with E-state index in [1.807, 2.05) is 34.6 Å². The molecule has 3 heterocycles. The molecular weight excluding hydrogens is 759 g/mol. The smallest absolute Gasteiger partial charge is 0.303 e. The summed E-state index contributed by atoms with van der Waals surface area (Å²) in [6.07, 6.45) is 12.2. The Kier molecular flexibility index (Phi) is 11.6. The molecule has 0 radical (unpaired) electrons. The third-order valence-electron chi connectivity index (χ3n) is 16.5. The van der Waals surface area contributed by atoms with E-state index in [4.69, 9.17) is 0 Å². The highest BCUT2D eigenvalue weighted by molar-refractivity contribution is 7.87. The minimum atomic E-state index is -4.07. The van der Waals surface area contributed by atoms with Crippen molar-refractivity contribution in [2.45, 2.75) is 174 Å². The number of nitrogens with zero attached hydrogens (tertiary/aromatic N) is 3. The minimum Gasteiger partial charge on any atom is -0.343 e. The Balaban J connectivity index is 1.15. The third kappa shape index (κ3) is 7.18. The van der Waals surface area contributed by atoms with Crippen molar-refractivity contribution in [1.29, 1.82) is 0 Å². The van der Waals surface area contributed by atoms with Crippen LogP contribution in [-0.2, 0) is 34.2 Å². The lowest BCUT2D eigenvalue weighted by molar-refractivity contribution is -0.145. The van der Waals surface area contributed by atoms with E-state index in [0.29, 0.717) is 38.9 Å². The predicted octanol–water partition coefficient (Wildman–Crippen LogP) is 3.61. The van der Waals surface area contributed by atoms with Crippen molar-refractivity contribution in [3.63, 3.8) is 0 Å². The van der Waals surface area contributed by atoms with Gasteiger partial charge in [0.1, 0.15) is 23.7 Å². The number of hydrogen-bond acceptors (Lipinski definition) is 8. The highest BCUT2D eigenvalue weighted by Crippen LogP contribution is 2.88. The molecule has 326 valence electrons. The van der Waals surface area contributed by atoms with Crippen LogP contribution in [0.1, 0.15) is 145 Å². The van der Waals surface area contributed by atoms with E-state index >= 15 is 4.79 Å². The van der Waals surface area contributed by atoms with E-state index in [9.17, 15) is 27.6 Å². The number of likely N-dealkylation sites (tertiary alicyclic amines) is 2. The van der Waals surface area contributed by atoms with Gasteiger partial charge in [-0.1, -0.05) is 80.6 Å². The SMILES string of the molecule is CC[C@@H]1C[C@]1(NC(=O)[C@@H]1C[C@@]2(CN1C(=O)[C@@H](NC(=O)[C@@H](NC(=O)[C@@H]1CCCN1CC)C1CCCCC1)C(C)(C)C)C(C)(C)C21CCC1)C(=O)NS(=O)(=O)N1CCCC1. The fourth-order valence-electron chi connectivity index (χ4n) is 12.5. The molecule has 0 unspecified atom stereocenters. The van der Waals surface area contributed by atoms with Crippen molar-refractivity contribution in [3.8, 4) is 0 Å². The van der Waals surface area contributed by atoms with Crippen molar-refractivity contribution in [1.82, 2.24) is 34.8 Å². The summed E-state index contributed by atoms with van der Waals surface area (Å²) in [6, 6.07) is -2.99. The van der Waals surface area contributed by atoms with E-state index in [-0.39, 0.29) is 51.8 Å². The molecule has 4 saturated carbocycles. The molecule has 0 aromatic heterocycles. The normalized spacial score (nSPS) is 33.0. The second-order valence-electron chi connectivity index (χ2n) is 20.6. The van der Waals surface area contributed by atoms with Gasteiger partial charge in [0, 0.05) is 25.0 Å². The molecule has 0 bridgehead atoms. The predicted molar refractivity (Wildman–Crippen MR) is 220 cm³/mol. The lowest BCUT2D eigenvalue weighted by Gasteiger charge is -2.38. The monoisotopic (exact) mass is 830 g/mol. The topological polar surface area (TPSA) is 177 Å². The molecule has 7 atom stereocenters. The van der Waals surface area contributed by atoms with Gasteiger partial charge in [-0.3, -0.25) is 28.9 Å². The molecule has 0 aromatic carbocycles. The van der Waals surface area contributed by atoms with Gasteiger partial charge in [-0.2, -0.15) is 12.7 Å². The van der Waals surface area contributed by atoms with Crippen LogP contribution in [0.25, 0.3) is 0 Å². The van der Waals surface area contributed by atoms with Crippen LogP contribution in [0.15, 0.2) is 0 Å². The van der Waals surface area contributed by atoms with Gasteiger partial charge >= 0.3 is 10.2 Å². The van der Waals surface area contributed by atoms with Gasteiger partial charge in [0.25, 0.3) is 5.91 Å². The van der Waals surface area contributed by atoms with Gasteiger partial charge in [0.05, 0.1) is 6.04 Å². The second-order valence-corrected chi connectivity index (χ2v) is 22.3. The van der Waals surface area contributed by atoms with Crippen molar-refractivity contribution in [3.05, 3.63) is 0 Å². The van der Waals surface area contributed by atoms with Crippen LogP contribution in [0, 0.1) is 33.5 Å². The van der Waals surface area contributed by atoms with E-state index in [0.717, 1.165) is 90.1 Å². The molecule has 58 heavy (non-hydrogen) atoms. The number of amides is 5. The Labute approximate surface area is 346 Å². The largest absolute Gasteiger partial charge is 0.343 e. The van der Waals surface area contributed by atoms with Crippen LogP contribution >= 0.6 is 0 Å². The van der Waals surface area contributed by atoms with Crippen molar-refractivity contribution >= 4 is 39.7 Å². The number of hydrogen-bond donors (Lipinski definition) is 4. The van der Waals surface area contributed by atoms with E-state index < -0.39 is 51.1 Å². The Hall–Kier alpha value is -2.78. The minimum absolute atomic E-state index is 0.00140. The molecule has 7 aliphatic rings. The maximum Gasteiger partial charge on any atom is 0.303 e. The number of rotatable bonds is 13. The molecule has 15 heteroatoms. The quantitative estimate of drug-likeness (QED) is 0.218. The summed E-state index contributed by atoms with van der Waals surface area (Å²) in [4.78, 5) is 76.1. The Morgan fingerprint density at radius 3 is 2.00 bits per heavy atom. The number of carbonyl (C=O) groups excluding carboxylic acids is 5. The number of carbonyl (C=O) groups is 5. The first-order valence-corrected chi connectivity index (χ1v) is 24.0. The summed E-state index contributed by atoms with van der Waals surface area (Å²) < 4.78 is 30.0. The number of nitrogens with one attached hydrogen (secondary N) is 4. The van der Waals surface area contributed by atoms with Crippen LogP contribution in [0.4, 0.5) is 0 Å². The van der Waals surface area contributed by atoms with Gasteiger partial charge in [0.15, 0.2) is 0 Å². The molecule has 4 aliphatic carbocycles. The average Bonchev–Trinajstić information content (AvgIpc) is 3.58. The number of likely N-dealkylation sites (N-methyl/N-ethyl adjacent to an activating group) is 1. The molecule has 2 spiro atoms. The van der Waals surface area contributed by atoms with Crippen LogP contribution in [0.3, 0.4) is 0 Å². The fraction of sp³-hybridized carbons (Fsp3) is 0.884. The van der Waals surface area contributed by atoms with E-state index in [1.54, 1.807) is 4.90 Å². The van der Waals surface area contributed by atoms with Crippen LogP contribution in [-0.4, -0.2) is 114 Å². The Morgan fingerprint density at radius 2 is 1.45 bits per heavy atom. The Bertz CT molecular complexity index is 1750. The Morgan fingerprint density at radius 1 is 0.776 bits per heavy atom. The molecule has 7 rings (SSSR count). The molecule has 14 nitrogen and oxygen atoms in total. The first-order valence-electron chi connectivity index (χ1n) is 22.6. The first-order chi connectivity index (χ1) is 27.3. The summed E-state index contributed by atoms with van der Waals surface area (Å²) in [6.45, 7) is 16.8. The van der Waals surface area contributed by atoms with Gasteiger partial charge in [-0.25, -0.2) is 4.72 Å². The molecule has 5 amide bonds. The van der Waals surface area contributed by atoms with Gasteiger partial charge < -0.3 is 20.9 Å². The molecule has 0 aromatic rings. The van der Waals surface area contributed by atoms with Crippen LogP contribution < -0.4 is 20.7 Å². The maximum atomic E-state index is 15.2. The molecule has 3 saturated heterocycles. The highest BCUT2D eigenvalue weighted by atomic mass is 32.2. The van der Waals surface area contributed by atoms with Crippen LogP contribution in [0.5, 0.6) is 0 Å². The van der Waals surface area contributed by atoms with Crippen molar-refractivity contribution in [2.75, 3.05) is 32.7 Å². The molecule has 3 aliphatic heterocycles. The average molecular weight is 830 g/mol. The molecular formula is C43H71N7O7S. The molecule has 4 N–H and O–H groups in total. The maximum absolute atomic E-state index is 15.2. The summed E-state index contributed by atoms with van der Waals surface area (Å²) in [5, 5.41) is 9.35. The standard InChI is InChI=1S/C43H71N7O7S/c1-8-29-25-43(29,38(55)47-58(56,57)49-23-13-14-24-49)46-35(52)31-26-42(40(6,7)41(42)20-16-21-41)27-50(31)37(54)33(39(3,4)5)45-36(53)32(28-17-11-10-12-18-28)44-34(51)30-19-15-22-48(30)9-2/h28-33H,8-27H2,1-7H3,(H,44,51)(H,45,53)(H,46,52)(H,47,55)/t29-,30+,31+,32+,33-,42-,43-/m1/s1.